The lowest BCUT2D eigenvalue weighted by atomic mass is 9.94. The van der Waals surface area contributed by atoms with E-state index in [-0.39, 0.29) is 6.61 Å². The topological polar surface area (TPSA) is 49.2 Å². The third-order valence-electron chi connectivity index (χ3n) is 3.43. The van der Waals surface area contributed by atoms with E-state index in [0.29, 0.717) is 12.6 Å². The zero-order valence-corrected chi connectivity index (χ0v) is 10.5. The van der Waals surface area contributed by atoms with Crippen LogP contribution in [0.15, 0.2) is 12.1 Å². The summed E-state index contributed by atoms with van der Waals surface area (Å²) in [6.07, 6.45) is 6.31. The molecule has 0 saturated heterocycles. The van der Waals surface area contributed by atoms with Crippen LogP contribution in [-0.2, 0) is 0 Å². The maximum absolute atomic E-state index is 9.19. The molecule has 0 bridgehead atoms. The smallest absolute Gasteiger partial charge is 0.151 e. The summed E-state index contributed by atoms with van der Waals surface area (Å²) in [6, 6.07) is 4.51. The Kier molecular flexibility index (Phi) is 4.31. The van der Waals surface area contributed by atoms with Crippen molar-refractivity contribution in [2.45, 2.75) is 45.1 Å². The van der Waals surface area contributed by atoms with E-state index in [2.05, 4.69) is 15.1 Å². The van der Waals surface area contributed by atoms with Crippen molar-refractivity contribution in [3.8, 4) is 0 Å². The standard InChI is InChI=1S/C13H21N3O/c1-11-7-8-13(15-14-11)16(9-10-17)12-5-3-2-4-6-12/h7-8,12,17H,2-6,9-10H2,1H3. The first kappa shape index (κ1) is 12.3. The molecule has 1 heterocycles. The number of nitrogens with zero attached hydrogens (tertiary/aromatic N) is 3. The largest absolute Gasteiger partial charge is 0.395 e. The molecule has 0 unspecified atom stereocenters. The van der Waals surface area contributed by atoms with Gasteiger partial charge in [-0.3, -0.25) is 0 Å². The Morgan fingerprint density at radius 1 is 1.24 bits per heavy atom. The van der Waals surface area contributed by atoms with Gasteiger partial charge in [-0.2, -0.15) is 5.10 Å². The Labute approximate surface area is 103 Å². The van der Waals surface area contributed by atoms with Crippen molar-refractivity contribution in [2.75, 3.05) is 18.1 Å². The molecule has 1 saturated carbocycles. The first-order valence-electron chi connectivity index (χ1n) is 6.49. The molecule has 94 valence electrons. The van der Waals surface area contributed by atoms with Gasteiger partial charge in [-0.1, -0.05) is 19.3 Å². The predicted molar refractivity (Wildman–Crippen MR) is 68.1 cm³/mol. The predicted octanol–water partition coefficient (Wildman–Crippen LogP) is 1.92. The summed E-state index contributed by atoms with van der Waals surface area (Å²) in [6.45, 7) is 2.77. The van der Waals surface area contributed by atoms with Crippen LogP contribution in [0.1, 0.15) is 37.8 Å². The number of hydrogen-bond acceptors (Lipinski definition) is 4. The average molecular weight is 235 g/mol. The minimum atomic E-state index is 0.173. The number of hydrogen-bond donors (Lipinski definition) is 1. The van der Waals surface area contributed by atoms with E-state index in [4.69, 9.17) is 0 Å². The molecule has 0 aliphatic heterocycles. The van der Waals surface area contributed by atoms with Crippen LogP contribution in [0, 0.1) is 6.92 Å². The molecular formula is C13H21N3O. The number of anilines is 1. The van der Waals surface area contributed by atoms with Crippen LogP contribution in [0.25, 0.3) is 0 Å². The van der Waals surface area contributed by atoms with Crippen LogP contribution in [0.2, 0.25) is 0 Å². The van der Waals surface area contributed by atoms with Gasteiger partial charge in [0.1, 0.15) is 0 Å². The molecule has 0 atom stereocenters. The van der Waals surface area contributed by atoms with E-state index in [1.165, 1.54) is 32.1 Å². The molecule has 2 rings (SSSR count). The molecule has 0 spiro atoms. The van der Waals surface area contributed by atoms with Gasteiger partial charge in [0, 0.05) is 12.6 Å². The number of aliphatic hydroxyl groups is 1. The van der Waals surface area contributed by atoms with Crippen molar-refractivity contribution >= 4 is 5.82 Å². The van der Waals surface area contributed by atoms with Crippen LogP contribution in [0.5, 0.6) is 0 Å². The van der Waals surface area contributed by atoms with E-state index in [1.807, 2.05) is 19.1 Å². The Bertz CT molecular complexity index is 333. The molecule has 0 aromatic carbocycles. The van der Waals surface area contributed by atoms with E-state index in [9.17, 15) is 5.11 Å². The summed E-state index contributed by atoms with van der Waals surface area (Å²) < 4.78 is 0. The second kappa shape index (κ2) is 5.96. The molecule has 4 heteroatoms. The highest BCUT2D eigenvalue weighted by molar-refractivity contribution is 5.38. The summed E-state index contributed by atoms with van der Waals surface area (Å²) in [5.41, 5.74) is 0.932. The van der Waals surface area contributed by atoms with Crippen molar-refractivity contribution < 1.29 is 5.11 Å². The minimum absolute atomic E-state index is 0.173. The molecular weight excluding hydrogens is 214 g/mol. The highest BCUT2D eigenvalue weighted by atomic mass is 16.3. The molecule has 1 aliphatic rings. The first-order valence-corrected chi connectivity index (χ1v) is 6.49. The van der Waals surface area contributed by atoms with E-state index in [0.717, 1.165) is 11.5 Å². The lowest BCUT2D eigenvalue weighted by Gasteiger charge is -2.34. The average Bonchev–Trinajstić information content (AvgIpc) is 2.38. The van der Waals surface area contributed by atoms with Crippen molar-refractivity contribution in [3.05, 3.63) is 17.8 Å². The molecule has 1 fully saturated rings. The van der Waals surface area contributed by atoms with Crippen LogP contribution in [-0.4, -0.2) is 34.5 Å². The lowest BCUT2D eigenvalue weighted by Crippen LogP contribution is -2.39. The van der Waals surface area contributed by atoms with Crippen LogP contribution >= 0.6 is 0 Å². The van der Waals surface area contributed by atoms with Gasteiger partial charge in [-0.15, -0.1) is 5.10 Å². The van der Waals surface area contributed by atoms with Gasteiger partial charge in [0.25, 0.3) is 0 Å². The summed E-state index contributed by atoms with van der Waals surface area (Å²) >= 11 is 0. The van der Waals surface area contributed by atoms with Gasteiger partial charge in [-0.05, 0) is 31.9 Å². The maximum atomic E-state index is 9.19. The quantitative estimate of drug-likeness (QED) is 0.866. The number of aromatic nitrogens is 2. The summed E-state index contributed by atoms with van der Waals surface area (Å²) in [5, 5.41) is 17.5. The summed E-state index contributed by atoms with van der Waals surface area (Å²) in [5.74, 6) is 0.900. The third kappa shape index (κ3) is 3.16. The van der Waals surface area contributed by atoms with Crippen molar-refractivity contribution in [1.82, 2.24) is 10.2 Å². The van der Waals surface area contributed by atoms with Crippen molar-refractivity contribution in [2.24, 2.45) is 0 Å². The molecule has 17 heavy (non-hydrogen) atoms. The van der Waals surface area contributed by atoms with Gasteiger partial charge in [0.05, 0.1) is 12.3 Å². The number of rotatable bonds is 4. The zero-order chi connectivity index (χ0) is 12.1. The second-order valence-corrected chi connectivity index (χ2v) is 4.74. The van der Waals surface area contributed by atoms with Crippen LogP contribution < -0.4 is 4.90 Å². The van der Waals surface area contributed by atoms with Gasteiger partial charge in [0.15, 0.2) is 5.82 Å². The molecule has 0 amide bonds. The summed E-state index contributed by atoms with van der Waals surface area (Å²) in [4.78, 5) is 2.21. The van der Waals surface area contributed by atoms with E-state index in [1.54, 1.807) is 0 Å². The normalized spacial score (nSPS) is 17.1. The molecule has 1 aromatic heterocycles. The Morgan fingerprint density at radius 3 is 2.59 bits per heavy atom. The van der Waals surface area contributed by atoms with E-state index < -0.39 is 0 Å². The molecule has 1 N–H and O–H groups in total. The highest BCUT2D eigenvalue weighted by Crippen LogP contribution is 2.25. The fourth-order valence-corrected chi connectivity index (χ4v) is 2.53. The fourth-order valence-electron chi connectivity index (χ4n) is 2.53. The monoisotopic (exact) mass is 235 g/mol. The Hall–Kier alpha value is -1.16. The van der Waals surface area contributed by atoms with Gasteiger partial charge in [-0.25, -0.2) is 0 Å². The lowest BCUT2D eigenvalue weighted by molar-refractivity contribution is 0.289. The highest BCUT2D eigenvalue weighted by Gasteiger charge is 2.21. The molecule has 4 nitrogen and oxygen atoms in total. The maximum Gasteiger partial charge on any atom is 0.151 e. The van der Waals surface area contributed by atoms with Gasteiger partial charge in [0.2, 0.25) is 0 Å². The zero-order valence-electron chi connectivity index (χ0n) is 10.5. The van der Waals surface area contributed by atoms with Crippen molar-refractivity contribution in [1.29, 1.82) is 0 Å². The molecule has 1 aromatic rings. The van der Waals surface area contributed by atoms with E-state index >= 15 is 0 Å². The molecule has 0 radical (unpaired) electrons. The number of aliphatic hydroxyl groups excluding tert-OH is 1. The fraction of sp³-hybridized carbons (Fsp3) is 0.692. The van der Waals surface area contributed by atoms with Gasteiger partial charge < -0.3 is 10.0 Å². The minimum Gasteiger partial charge on any atom is -0.395 e. The van der Waals surface area contributed by atoms with Crippen LogP contribution in [0.3, 0.4) is 0 Å². The summed E-state index contributed by atoms with van der Waals surface area (Å²) in [7, 11) is 0. The number of aryl methyl sites for hydroxylation is 1. The third-order valence-corrected chi connectivity index (χ3v) is 3.43. The van der Waals surface area contributed by atoms with Crippen LogP contribution in [0.4, 0.5) is 5.82 Å². The van der Waals surface area contributed by atoms with Gasteiger partial charge >= 0.3 is 0 Å². The molecule has 1 aliphatic carbocycles. The first-order chi connectivity index (χ1) is 8.31. The second-order valence-electron chi connectivity index (χ2n) is 4.74. The SMILES string of the molecule is Cc1ccc(N(CCO)C2CCCCC2)nn1. The van der Waals surface area contributed by atoms with Crippen molar-refractivity contribution in [3.63, 3.8) is 0 Å². The Balaban J connectivity index is 2.12. The Morgan fingerprint density at radius 2 is 2.00 bits per heavy atom.